The lowest BCUT2D eigenvalue weighted by Gasteiger charge is -2.39. The van der Waals surface area contributed by atoms with Gasteiger partial charge in [-0.3, -0.25) is 0 Å². The predicted octanol–water partition coefficient (Wildman–Crippen LogP) is 6.87. The van der Waals surface area contributed by atoms with Crippen molar-refractivity contribution >= 4 is 30.9 Å². The van der Waals surface area contributed by atoms with Crippen molar-refractivity contribution in [2.24, 2.45) is 0 Å². The zero-order valence-electron chi connectivity index (χ0n) is 16.6. The third kappa shape index (κ3) is 10.0. The van der Waals surface area contributed by atoms with Crippen LogP contribution in [0.3, 0.4) is 0 Å². The highest BCUT2D eigenvalue weighted by Gasteiger charge is 2.40. The lowest BCUT2D eigenvalue weighted by molar-refractivity contribution is -0.0725. The molecule has 0 rings (SSSR count). The van der Waals surface area contributed by atoms with E-state index in [1.165, 1.54) is 11.1 Å². The Morgan fingerprint density at radius 1 is 1.13 bits per heavy atom. The molecule has 0 unspecified atom stereocenters. The van der Waals surface area contributed by atoms with Gasteiger partial charge in [0, 0.05) is 0 Å². The summed E-state index contributed by atoms with van der Waals surface area (Å²) in [7, 11) is -1.80. The monoisotopic (exact) mass is 452 g/mol. The summed E-state index contributed by atoms with van der Waals surface area (Å²) in [5, 5.41) is 0.205. The molecule has 0 fully saturated rings. The highest BCUT2D eigenvalue weighted by Crippen LogP contribution is 2.38. The van der Waals surface area contributed by atoms with Gasteiger partial charge in [-0.2, -0.15) is 0 Å². The summed E-state index contributed by atoms with van der Waals surface area (Å²) in [6, 6.07) is 0. The number of hydrogen-bond acceptors (Lipinski definition) is 2. The van der Waals surface area contributed by atoms with Gasteiger partial charge in [0.1, 0.15) is 0 Å². The molecule has 0 bridgehead atoms. The van der Waals surface area contributed by atoms with E-state index in [2.05, 4.69) is 96.3 Å². The Morgan fingerprint density at radius 2 is 1.70 bits per heavy atom. The van der Waals surface area contributed by atoms with E-state index in [-0.39, 0.29) is 11.3 Å². The normalized spacial score (nSPS) is 16.2. The molecule has 23 heavy (non-hydrogen) atoms. The van der Waals surface area contributed by atoms with Crippen LogP contribution in [0.1, 0.15) is 61.3 Å². The fourth-order valence-corrected chi connectivity index (χ4v) is 3.54. The molecule has 2 atom stereocenters. The second-order valence-corrected chi connectivity index (χ2v) is 14.8. The van der Waals surface area contributed by atoms with Crippen LogP contribution in [0, 0.1) is 0 Å². The van der Waals surface area contributed by atoms with Gasteiger partial charge >= 0.3 is 0 Å². The second kappa shape index (κ2) is 10.4. The van der Waals surface area contributed by atoms with Gasteiger partial charge in [-0.15, -0.1) is 0 Å². The number of rotatable bonds is 9. The van der Waals surface area contributed by atoms with Crippen molar-refractivity contribution in [3.8, 4) is 0 Å². The van der Waals surface area contributed by atoms with Crippen LogP contribution in [-0.2, 0) is 9.16 Å². The van der Waals surface area contributed by atoms with Gasteiger partial charge in [0.25, 0.3) is 0 Å². The summed E-state index contributed by atoms with van der Waals surface area (Å²) in [6.07, 6.45) is 6.56. The molecule has 0 aromatic rings. The number of halogens is 1. The average Bonchev–Trinajstić information content (AvgIpc) is 2.35. The molecule has 0 N–H and O–H groups in total. The maximum absolute atomic E-state index is 6.43. The first-order valence-electron chi connectivity index (χ1n) is 8.59. The molecule has 0 aromatic carbocycles. The zero-order chi connectivity index (χ0) is 18.3. The Balaban J connectivity index is 4.54. The van der Waals surface area contributed by atoms with E-state index >= 15 is 0 Å². The maximum atomic E-state index is 6.43. The van der Waals surface area contributed by atoms with E-state index in [1.807, 2.05) is 0 Å². The van der Waals surface area contributed by atoms with Crippen LogP contribution in [0.2, 0.25) is 18.1 Å². The zero-order valence-corrected chi connectivity index (χ0v) is 19.8. The lowest BCUT2D eigenvalue weighted by Crippen LogP contribution is -2.46. The minimum absolute atomic E-state index is 0.127. The van der Waals surface area contributed by atoms with E-state index in [9.17, 15) is 0 Å². The summed E-state index contributed by atoms with van der Waals surface area (Å²) in [5.74, 6) is 0. The van der Waals surface area contributed by atoms with Crippen LogP contribution in [0.25, 0.3) is 0 Å². The number of allylic oxidation sites excluding steroid dienone is 3. The third-order valence-corrected chi connectivity index (χ3v) is 9.40. The van der Waals surface area contributed by atoms with Gasteiger partial charge < -0.3 is 9.16 Å². The molecular formula is C19H37IO2Si. The fraction of sp³-hybridized carbons (Fsp3) is 0.789. The van der Waals surface area contributed by atoms with Crippen LogP contribution in [0.15, 0.2) is 23.3 Å². The molecule has 0 spiro atoms. The highest BCUT2D eigenvalue weighted by molar-refractivity contribution is 14.1. The van der Waals surface area contributed by atoms with E-state index in [0.717, 1.165) is 12.8 Å². The fourth-order valence-electron chi connectivity index (χ4n) is 1.70. The molecule has 0 saturated heterocycles. The predicted molar refractivity (Wildman–Crippen MR) is 114 cm³/mol. The standard InChI is InChI=1S/C19H37IO2Si/c1-15(2)11-10-12-16(3)13-14-21-18(17(4)20)22-23(8,9)19(5,6)7/h11,13,17-18H,10,12,14H2,1-9H3/b16-13+/t17-,18+/m0/s1. The summed E-state index contributed by atoms with van der Waals surface area (Å²) in [5.41, 5.74) is 2.77. The summed E-state index contributed by atoms with van der Waals surface area (Å²) in [4.78, 5) is 0. The van der Waals surface area contributed by atoms with E-state index in [0.29, 0.717) is 10.5 Å². The van der Waals surface area contributed by atoms with Gasteiger partial charge in [-0.25, -0.2) is 0 Å². The Hall–Kier alpha value is 0.347. The molecule has 0 heterocycles. The summed E-state index contributed by atoms with van der Waals surface area (Å²) >= 11 is 2.40. The summed E-state index contributed by atoms with van der Waals surface area (Å²) < 4.78 is 12.8. The Morgan fingerprint density at radius 3 is 2.13 bits per heavy atom. The van der Waals surface area contributed by atoms with Gasteiger partial charge in [-0.1, -0.05) is 66.7 Å². The van der Waals surface area contributed by atoms with Gasteiger partial charge in [0.05, 0.1) is 10.5 Å². The van der Waals surface area contributed by atoms with E-state index < -0.39 is 8.32 Å². The third-order valence-electron chi connectivity index (χ3n) is 4.38. The van der Waals surface area contributed by atoms with Crippen molar-refractivity contribution < 1.29 is 9.16 Å². The van der Waals surface area contributed by atoms with Crippen molar-refractivity contribution in [2.75, 3.05) is 6.61 Å². The van der Waals surface area contributed by atoms with Crippen molar-refractivity contribution in [2.45, 2.75) is 89.7 Å². The number of ether oxygens (including phenoxy) is 1. The maximum Gasteiger partial charge on any atom is 0.195 e. The van der Waals surface area contributed by atoms with E-state index in [4.69, 9.17) is 9.16 Å². The molecule has 2 nitrogen and oxygen atoms in total. The van der Waals surface area contributed by atoms with Crippen LogP contribution < -0.4 is 0 Å². The highest BCUT2D eigenvalue weighted by atomic mass is 127. The second-order valence-electron chi connectivity index (χ2n) is 8.13. The average molecular weight is 452 g/mol. The molecule has 0 saturated carbocycles. The van der Waals surface area contributed by atoms with Crippen molar-refractivity contribution in [3.05, 3.63) is 23.3 Å². The first-order chi connectivity index (χ1) is 10.4. The molecule has 4 heteroatoms. The number of alkyl halides is 1. The quantitative estimate of drug-likeness (QED) is 0.125. The van der Waals surface area contributed by atoms with Crippen LogP contribution in [0.4, 0.5) is 0 Å². The SMILES string of the molecule is CC(C)=CCC/C(C)=C/CO[C@H](O[Si](C)(C)C(C)(C)C)[C@H](C)I. The van der Waals surface area contributed by atoms with Crippen molar-refractivity contribution in [1.29, 1.82) is 0 Å². The van der Waals surface area contributed by atoms with Crippen molar-refractivity contribution in [3.63, 3.8) is 0 Å². The Labute approximate surface area is 159 Å². The molecule has 0 radical (unpaired) electrons. The molecule has 136 valence electrons. The van der Waals surface area contributed by atoms with Gasteiger partial charge in [0.2, 0.25) is 0 Å². The first-order valence-corrected chi connectivity index (χ1v) is 12.7. The minimum atomic E-state index is -1.80. The molecule has 0 aliphatic rings. The van der Waals surface area contributed by atoms with Gasteiger partial charge in [0.15, 0.2) is 14.6 Å². The lowest BCUT2D eigenvalue weighted by atomic mass is 10.1. The van der Waals surface area contributed by atoms with Crippen LogP contribution >= 0.6 is 22.6 Å². The minimum Gasteiger partial charge on any atom is -0.391 e. The molecular weight excluding hydrogens is 415 g/mol. The van der Waals surface area contributed by atoms with E-state index in [1.54, 1.807) is 0 Å². The molecule has 0 aromatic heterocycles. The van der Waals surface area contributed by atoms with Crippen LogP contribution in [-0.4, -0.2) is 25.1 Å². The number of hydrogen-bond donors (Lipinski definition) is 0. The molecule has 0 amide bonds. The topological polar surface area (TPSA) is 18.5 Å². The Kier molecular flexibility index (Phi) is 10.5. The summed E-state index contributed by atoms with van der Waals surface area (Å²) in [6.45, 7) is 20.6. The first kappa shape index (κ1) is 23.3. The molecule has 0 aliphatic heterocycles. The Bertz CT molecular complexity index is 402. The van der Waals surface area contributed by atoms with Crippen LogP contribution in [0.5, 0.6) is 0 Å². The van der Waals surface area contributed by atoms with Gasteiger partial charge in [-0.05, 0) is 58.7 Å². The van der Waals surface area contributed by atoms with Crippen molar-refractivity contribution in [1.82, 2.24) is 0 Å². The molecule has 0 aliphatic carbocycles. The largest absolute Gasteiger partial charge is 0.391 e. The smallest absolute Gasteiger partial charge is 0.195 e.